The Balaban J connectivity index is 0.00000161. The van der Waals surface area contributed by atoms with Crippen LogP contribution in [0.3, 0.4) is 0 Å². The van der Waals surface area contributed by atoms with Crippen molar-refractivity contribution in [3.63, 3.8) is 0 Å². The average molecular weight is 328 g/mol. The third-order valence-corrected chi connectivity index (χ3v) is 5.17. The molecule has 4 nitrogen and oxygen atoms in total. The summed E-state index contributed by atoms with van der Waals surface area (Å²) in [5.74, 6) is 1.54. The maximum Gasteiger partial charge on any atom is 0.227 e. The molecule has 2 N–H and O–H groups in total. The second-order valence-corrected chi connectivity index (χ2v) is 6.83. The number of hydrogen-bond donors (Lipinski definition) is 1. The van der Waals surface area contributed by atoms with Crippen molar-refractivity contribution in [3.8, 4) is 0 Å². The Labute approximate surface area is 135 Å². The molecule has 1 aliphatic rings. The summed E-state index contributed by atoms with van der Waals surface area (Å²) >= 11 is 1.72. The Kier molecular flexibility index (Phi) is 5.79. The molecular weight excluding hydrogens is 306 g/mol. The molecule has 116 valence electrons. The lowest BCUT2D eigenvalue weighted by Gasteiger charge is -2.34. The Bertz CT molecular complexity index is 535. The largest absolute Gasteiger partial charge is 0.339 e. The zero-order valence-electron chi connectivity index (χ0n) is 12.1. The molecule has 6 heteroatoms. The van der Waals surface area contributed by atoms with Crippen LogP contribution in [0.4, 0.5) is 0 Å². The van der Waals surface area contributed by atoms with Gasteiger partial charge in [-0.05, 0) is 36.2 Å². The number of rotatable bonds is 5. The number of halogens is 1. The van der Waals surface area contributed by atoms with Crippen molar-refractivity contribution in [1.29, 1.82) is 0 Å². The summed E-state index contributed by atoms with van der Waals surface area (Å²) < 4.78 is 5.43. The van der Waals surface area contributed by atoms with Gasteiger partial charge in [0.05, 0.1) is 0 Å². The summed E-state index contributed by atoms with van der Waals surface area (Å²) in [4.78, 5) is 5.81. The van der Waals surface area contributed by atoms with E-state index < -0.39 is 0 Å². The van der Waals surface area contributed by atoms with Crippen LogP contribution in [-0.2, 0) is 12.8 Å². The molecule has 1 aliphatic carbocycles. The summed E-state index contributed by atoms with van der Waals surface area (Å²) in [5.41, 5.74) is 6.20. The van der Waals surface area contributed by atoms with E-state index in [1.54, 1.807) is 11.3 Å². The molecule has 0 bridgehead atoms. The molecule has 21 heavy (non-hydrogen) atoms. The van der Waals surface area contributed by atoms with Crippen molar-refractivity contribution in [2.24, 2.45) is 11.1 Å². The lowest BCUT2D eigenvalue weighted by Crippen LogP contribution is -2.35. The number of nitrogens with zero attached hydrogens (tertiary/aromatic N) is 2. The highest BCUT2D eigenvalue weighted by Gasteiger charge is 2.32. The first-order valence-corrected chi connectivity index (χ1v) is 8.22. The number of nitrogens with two attached hydrogens (primary N) is 1. The molecule has 1 saturated carbocycles. The first kappa shape index (κ1) is 16.5. The van der Waals surface area contributed by atoms with Crippen LogP contribution in [0, 0.1) is 5.41 Å². The van der Waals surface area contributed by atoms with E-state index in [-0.39, 0.29) is 17.8 Å². The van der Waals surface area contributed by atoms with Crippen LogP contribution < -0.4 is 5.73 Å². The van der Waals surface area contributed by atoms with Gasteiger partial charge in [-0.3, -0.25) is 0 Å². The van der Waals surface area contributed by atoms with Crippen LogP contribution in [0.15, 0.2) is 22.0 Å². The third-order valence-electron chi connectivity index (χ3n) is 4.30. The number of aromatic nitrogens is 2. The van der Waals surface area contributed by atoms with E-state index in [0.717, 1.165) is 31.1 Å². The van der Waals surface area contributed by atoms with E-state index in [1.807, 2.05) is 6.07 Å². The van der Waals surface area contributed by atoms with E-state index in [1.165, 1.54) is 37.0 Å². The summed E-state index contributed by atoms with van der Waals surface area (Å²) in [7, 11) is 0. The molecule has 0 amide bonds. The Morgan fingerprint density at radius 1 is 1.29 bits per heavy atom. The Morgan fingerprint density at radius 2 is 2.10 bits per heavy atom. The summed E-state index contributed by atoms with van der Waals surface area (Å²) in [6, 6.07) is 4.15. The fraction of sp³-hybridized carbons (Fsp3) is 0.600. The van der Waals surface area contributed by atoms with Gasteiger partial charge in [0.25, 0.3) is 0 Å². The molecule has 1 fully saturated rings. The standard InChI is InChI=1S/C15H21N3OS.ClH/c16-11-15(6-2-1-3-7-15)10-14-17-13(18-19-14)9-12-5-4-8-20-12;/h4-5,8H,1-3,6-7,9-11,16H2;1H. The third kappa shape index (κ3) is 4.05. The maximum absolute atomic E-state index is 6.01. The molecule has 0 saturated heterocycles. The maximum atomic E-state index is 6.01. The van der Waals surface area contributed by atoms with Gasteiger partial charge < -0.3 is 10.3 Å². The van der Waals surface area contributed by atoms with Crippen molar-refractivity contribution in [2.75, 3.05) is 6.54 Å². The quantitative estimate of drug-likeness (QED) is 0.911. The van der Waals surface area contributed by atoms with E-state index in [4.69, 9.17) is 10.3 Å². The van der Waals surface area contributed by atoms with Crippen LogP contribution in [-0.4, -0.2) is 16.7 Å². The normalized spacial score (nSPS) is 17.4. The van der Waals surface area contributed by atoms with Crippen LogP contribution in [0.25, 0.3) is 0 Å². The summed E-state index contributed by atoms with van der Waals surface area (Å²) in [6.07, 6.45) is 7.84. The molecule has 2 heterocycles. The van der Waals surface area contributed by atoms with E-state index in [9.17, 15) is 0 Å². The molecule has 0 aromatic carbocycles. The highest BCUT2D eigenvalue weighted by atomic mass is 35.5. The van der Waals surface area contributed by atoms with Crippen LogP contribution in [0.5, 0.6) is 0 Å². The smallest absolute Gasteiger partial charge is 0.227 e. The second kappa shape index (κ2) is 7.38. The van der Waals surface area contributed by atoms with E-state index in [0.29, 0.717) is 0 Å². The van der Waals surface area contributed by atoms with Gasteiger partial charge in [0.1, 0.15) is 0 Å². The Morgan fingerprint density at radius 3 is 2.76 bits per heavy atom. The van der Waals surface area contributed by atoms with Gasteiger partial charge in [0.15, 0.2) is 5.82 Å². The van der Waals surface area contributed by atoms with Crippen LogP contribution >= 0.6 is 23.7 Å². The first-order chi connectivity index (χ1) is 9.80. The van der Waals surface area contributed by atoms with Crippen LogP contribution in [0.2, 0.25) is 0 Å². The van der Waals surface area contributed by atoms with Crippen molar-refractivity contribution in [2.45, 2.75) is 44.9 Å². The zero-order valence-corrected chi connectivity index (χ0v) is 13.7. The van der Waals surface area contributed by atoms with Crippen molar-refractivity contribution < 1.29 is 4.52 Å². The lowest BCUT2D eigenvalue weighted by atomic mass is 9.72. The number of thiophene rings is 1. The SMILES string of the molecule is Cl.NCC1(Cc2nc(Cc3cccs3)no2)CCCCC1. The van der Waals surface area contributed by atoms with Crippen molar-refractivity contribution >= 4 is 23.7 Å². The van der Waals surface area contributed by atoms with Gasteiger partial charge in [0, 0.05) is 17.7 Å². The molecule has 0 aliphatic heterocycles. The average Bonchev–Trinajstić information content (AvgIpc) is 3.13. The minimum Gasteiger partial charge on any atom is -0.339 e. The molecule has 0 atom stereocenters. The van der Waals surface area contributed by atoms with Crippen molar-refractivity contribution in [3.05, 3.63) is 34.1 Å². The molecule has 2 aromatic heterocycles. The van der Waals surface area contributed by atoms with Gasteiger partial charge in [-0.15, -0.1) is 23.7 Å². The number of hydrogen-bond acceptors (Lipinski definition) is 5. The zero-order chi connectivity index (χ0) is 13.8. The van der Waals surface area contributed by atoms with Gasteiger partial charge in [-0.1, -0.05) is 30.5 Å². The summed E-state index contributed by atoms with van der Waals surface area (Å²) in [6.45, 7) is 0.718. The lowest BCUT2D eigenvalue weighted by molar-refractivity contribution is 0.177. The minimum absolute atomic E-state index is 0. The summed E-state index contributed by atoms with van der Waals surface area (Å²) in [5, 5.41) is 6.17. The predicted octanol–water partition coefficient (Wildman–Crippen LogP) is 3.60. The molecular formula is C15H22ClN3OS. The van der Waals surface area contributed by atoms with E-state index in [2.05, 4.69) is 21.6 Å². The van der Waals surface area contributed by atoms with Crippen molar-refractivity contribution in [1.82, 2.24) is 10.1 Å². The van der Waals surface area contributed by atoms with Gasteiger partial charge >= 0.3 is 0 Å². The molecule has 0 spiro atoms. The Hall–Kier alpha value is -0.910. The monoisotopic (exact) mass is 327 g/mol. The molecule has 2 aromatic rings. The fourth-order valence-corrected chi connectivity index (χ4v) is 3.78. The highest BCUT2D eigenvalue weighted by Crippen LogP contribution is 2.38. The predicted molar refractivity (Wildman–Crippen MR) is 86.9 cm³/mol. The van der Waals surface area contributed by atoms with Crippen LogP contribution in [0.1, 0.15) is 48.7 Å². The van der Waals surface area contributed by atoms with Gasteiger partial charge in [-0.25, -0.2) is 0 Å². The molecule has 0 radical (unpaired) electrons. The van der Waals surface area contributed by atoms with Gasteiger partial charge in [-0.2, -0.15) is 4.98 Å². The first-order valence-electron chi connectivity index (χ1n) is 7.34. The van der Waals surface area contributed by atoms with E-state index >= 15 is 0 Å². The minimum atomic E-state index is 0. The van der Waals surface area contributed by atoms with Gasteiger partial charge in [0.2, 0.25) is 5.89 Å². The highest BCUT2D eigenvalue weighted by molar-refractivity contribution is 7.09. The molecule has 3 rings (SSSR count). The molecule has 0 unspecified atom stereocenters. The fourth-order valence-electron chi connectivity index (χ4n) is 3.08. The topological polar surface area (TPSA) is 64.9 Å². The second-order valence-electron chi connectivity index (χ2n) is 5.80.